The largest absolute Gasteiger partial charge is 0.505 e. The molecule has 0 bridgehead atoms. The van der Waals surface area contributed by atoms with Gasteiger partial charge in [-0.05, 0) is 36.1 Å². The van der Waals surface area contributed by atoms with Crippen LogP contribution in [-0.2, 0) is 16.4 Å². The topological polar surface area (TPSA) is 88.2 Å². The lowest BCUT2D eigenvalue weighted by Crippen LogP contribution is -2.16. The highest BCUT2D eigenvalue weighted by Gasteiger charge is 2.34. The Morgan fingerprint density at radius 1 is 1.10 bits per heavy atom. The molecule has 1 atom stereocenters. The van der Waals surface area contributed by atoms with Crippen molar-refractivity contribution in [1.29, 1.82) is 0 Å². The van der Waals surface area contributed by atoms with Crippen molar-refractivity contribution >= 4 is 17.0 Å². The van der Waals surface area contributed by atoms with E-state index in [0.717, 1.165) is 10.9 Å². The summed E-state index contributed by atoms with van der Waals surface area (Å²) in [5.74, 6) is -2.18. The number of rotatable bonds is 3. The monoisotopic (exact) mass is 407 g/mol. The maximum atomic E-state index is 13.3. The highest BCUT2D eigenvalue weighted by atomic mass is 19.4. The molecule has 0 amide bonds. The van der Waals surface area contributed by atoms with Crippen LogP contribution in [0.2, 0.25) is 0 Å². The molecule has 0 radical (unpaired) electrons. The summed E-state index contributed by atoms with van der Waals surface area (Å²) < 4.78 is 39.9. The number of aromatic nitrogens is 3. The Morgan fingerprint density at radius 2 is 1.76 bits per heavy atom. The molecule has 3 rings (SSSR count). The van der Waals surface area contributed by atoms with Crippen LogP contribution in [0, 0.1) is 0 Å². The van der Waals surface area contributed by atoms with Crippen LogP contribution in [0.5, 0.6) is 5.75 Å². The molecular formula is C20H20F3N3O3. The number of aliphatic carboxylic acids is 1. The molecule has 0 spiro atoms. The Labute approximate surface area is 164 Å². The van der Waals surface area contributed by atoms with Crippen LogP contribution in [0.1, 0.15) is 50.3 Å². The van der Waals surface area contributed by atoms with E-state index in [1.165, 1.54) is 25.1 Å². The average molecular weight is 407 g/mol. The van der Waals surface area contributed by atoms with Gasteiger partial charge in [-0.3, -0.25) is 4.79 Å². The van der Waals surface area contributed by atoms with Gasteiger partial charge in [0.25, 0.3) is 0 Å². The molecule has 29 heavy (non-hydrogen) atoms. The number of alkyl halides is 3. The molecule has 2 aromatic carbocycles. The average Bonchev–Trinajstić information content (AvgIpc) is 3.02. The zero-order chi connectivity index (χ0) is 21.7. The number of hydrogen-bond donors (Lipinski definition) is 2. The maximum Gasteiger partial charge on any atom is 0.418 e. The van der Waals surface area contributed by atoms with Crippen molar-refractivity contribution in [3.8, 4) is 11.4 Å². The number of carboxylic acid groups (broad SMARTS) is 1. The molecule has 9 heteroatoms. The third kappa shape index (κ3) is 3.76. The van der Waals surface area contributed by atoms with Gasteiger partial charge in [0.15, 0.2) is 0 Å². The quantitative estimate of drug-likeness (QED) is 0.661. The molecule has 0 saturated carbocycles. The number of phenolic OH excluding ortho intramolecular Hbond substituents is 1. The van der Waals surface area contributed by atoms with E-state index in [4.69, 9.17) is 0 Å². The number of aromatic hydroxyl groups is 1. The summed E-state index contributed by atoms with van der Waals surface area (Å²) in [5.41, 5.74) is -1.00. The van der Waals surface area contributed by atoms with Gasteiger partial charge in [0.05, 0.1) is 11.5 Å². The number of phenols is 1. The van der Waals surface area contributed by atoms with Crippen LogP contribution in [0.25, 0.3) is 16.7 Å². The fourth-order valence-electron chi connectivity index (χ4n) is 3.03. The van der Waals surface area contributed by atoms with Gasteiger partial charge in [-0.2, -0.15) is 13.2 Å². The summed E-state index contributed by atoms with van der Waals surface area (Å²) in [6.45, 7) is 6.97. The van der Waals surface area contributed by atoms with Gasteiger partial charge in [0.1, 0.15) is 22.5 Å². The number of carbonyl (C=O) groups is 1. The first-order valence-corrected chi connectivity index (χ1v) is 8.84. The van der Waals surface area contributed by atoms with Crippen molar-refractivity contribution in [2.45, 2.75) is 45.2 Å². The first-order chi connectivity index (χ1) is 13.3. The second kappa shape index (κ2) is 6.75. The van der Waals surface area contributed by atoms with Crippen molar-refractivity contribution in [1.82, 2.24) is 15.0 Å². The summed E-state index contributed by atoms with van der Waals surface area (Å²) in [6.07, 6.45) is -4.61. The van der Waals surface area contributed by atoms with E-state index >= 15 is 0 Å². The normalized spacial score (nSPS) is 13.6. The third-order valence-corrected chi connectivity index (χ3v) is 4.72. The van der Waals surface area contributed by atoms with Crippen LogP contribution in [0.15, 0.2) is 30.3 Å². The predicted molar refractivity (Wildman–Crippen MR) is 100 cm³/mol. The molecule has 1 heterocycles. The Morgan fingerprint density at radius 3 is 2.31 bits per heavy atom. The maximum absolute atomic E-state index is 13.3. The SMILES string of the molecule is CC(C(=O)O)c1cc(-n2nc3cccc(C(F)(F)F)c3n2)c(O)c(C(C)(C)C)c1. The fraction of sp³-hybridized carbons (Fsp3) is 0.350. The molecule has 2 N–H and O–H groups in total. The van der Waals surface area contributed by atoms with Crippen LogP contribution in [-0.4, -0.2) is 31.2 Å². The summed E-state index contributed by atoms with van der Waals surface area (Å²) in [6, 6.07) is 6.50. The second-order valence-electron chi connectivity index (χ2n) is 7.91. The number of fused-ring (bicyclic) bond motifs is 1. The number of halogens is 3. The minimum absolute atomic E-state index is 0.00761. The lowest BCUT2D eigenvalue weighted by Gasteiger charge is -2.23. The van der Waals surface area contributed by atoms with Gasteiger partial charge in [0, 0.05) is 5.56 Å². The summed E-state index contributed by atoms with van der Waals surface area (Å²) in [5, 5.41) is 28.2. The molecule has 3 aromatic rings. The number of benzene rings is 2. The van der Waals surface area contributed by atoms with Gasteiger partial charge in [-0.1, -0.05) is 32.9 Å². The van der Waals surface area contributed by atoms with E-state index < -0.39 is 29.0 Å². The molecule has 154 valence electrons. The minimum atomic E-state index is -4.61. The van der Waals surface area contributed by atoms with Crippen molar-refractivity contribution in [2.24, 2.45) is 0 Å². The molecular weight excluding hydrogens is 387 g/mol. The number of nitrogens with zero attached hydrogens (tertiary/aromatic N) is 3. The Hall–Kier alpha value is -3.10. The summed E-state index contributed by atoms with van der Waals surface area (Å²) >= 11 is 0. The molecule has 0 aliphatic carbocycles. The van der Waals surface area contributed by atoms with Gasteiger partial charge < -0.3 is 10.2 Å². The van der Waals surface area contributed by atoms with E-state index in [1.807, 2.05) is 20.8 Å². The lowest BCUT2D eigenvalue weighted by atomic mass is 9.83. The number of carboxylic acids is 1. The third-order valence-electron chi connectivity index (χ3n) is 4.72. The minimum Gasteiger partial charge on any atom is -0.505 e. The van der Waals surface area contributed by atoms with E-state index in [1.54, 1.807) is 6.07 Å². The van der Waals surface area contributed by atoms with Crippen molar-refractivity contribution in [3.63, 3.8) is 0 Å². The second-order valence-corrected chi connectivity index (χ2v) is 7.91. The first kappa shape index (κ1) is 20.6. The van der Waals surface area contributed by atoms with Crippen LogP contribution in [0.4, 0.5) is 13.2 Å². The van der Waals surface area contributed by atoms with Crippen LogP contribution < -0.4 is 0 Å². The Kier molecular flexibility index (Phi) is 4.80. The Bertz CT molecular complexity index is 1100. The number of hydrogen-bond acceptors (Lipinski definition) is 4. The Balaban J connectivity index is 2.30. The van der Waals surface area contributed by atoms with Gasteiger partial charge >= 0.3 is 12.1 Å². The highest BCUT2D eigenvalue weighted by molar-refractivity contribution is 5.79. The predicted octanol–water partition coefficient (Wildman–Crippen LogP) is 4.63. The molecule has 1 aromatic heterocycles. The van der Waals surface area contributed by atoms with E-state index in [-0.39, 0.29) is 22.5 Å². The van der Waals surface area contributed by atoms with Gasteiger partial charge in [-0.25, -0.2) is 0 Å². The van der Waals surface area contributed by atoms with E-state index in [2.05, 4.69) is 10.2 Å². The van der Waals surface area contributed by atoms with Crippen molar-refractivity contribution in [2.75, 3.05) is 0 Å². The van der Waals surface area contributed by atoms with Crippen LogP contribution >= 0.6 is 0 Å². The summed E-state index contributed by atoms with van der Waals surface area (Å²) in [4.78, 5) is 12.4. The zero-order valence-electron chi connectivity index (χ0n) is 16.2. The fourth-order valence-corrected chi connectivity index (χ4v) is 3.03. The molecule has 0 saturated heterocycles. The summed E-state index contributed by atoms with van der Waals surface area (Å²) in [7, 11) is 0. The zero-order valence-corrected chi connectivity index (χ0v) is 16.2. The molecule has 1 unspecified atom stereocenters. The van der Waals surface area contributed by atoms with Crippen molar-refractivity contribution in [3.05, 3.63) is 47.0 Å². The van der Waals surface area contributed by atoms with Gasteiger partial charge in [-0.15, -0.1) is 15.0 Å². The lowest BCUT2D eigenvalue weighted by molar-refractivity contribution is -0.138. The van der Waals surface area contributed by atoms with E-state index in [9.17, 15) is 28.2 Å². The molecule has 0 aliphatic rings. The molecule has 6 nitrogen and oxygen atoms in total. The first-order valence-electron chi connectivity index (χ1n) is 8.84. The standard InChI is InChI=1S/C20H20F3N3O3/c1-10(18(28)29)11-8-13(19(2,3)4)17(27)15(9-11)26-24-14-7-5-6-12(16(14)25-26)20(21,22)23/h5-10,27H,1-4H3,(H,28,29). The molecule has 0 aliphatic heterocycles. The van der Waals surface area contributed by atoms with E-state index in [0.29, 0.717) is 11.1 Å². The molecule has 0 fully saturated rings. The van der Waals surface area contributed by atoms with Crippen molar-refractivity contribution < 1.29 is 28.2 Å². The van der Waals surface area contributed by atoms with Gasteiger partial charge in [0.2, 0.25) is 0 Å². The smallest absolute Gasteiger partial charge is 0.418 e. The van der Waals surface area contributed by atoms with Crippen LogP contribution in [0.3, 0.4) is 0 Å². The highest BCUT2D eigenvalue weighted by Crippen LogP contribution is 2.39.